The van der Waals surface area contributed by atoms with Crippen LogP contribution in [0, 0.1) is 11.8 Å². The Morgan fingerprint density at radius 2 is 2.10 bits per heavy atom. The summed E-state index contributed by atoms with van der Waals surface area (Å²) in [6.07, 6.45) is 9.24. The molecule has 1 spiro atoms. The summed E-state index contributed by atoms with van der Waals surface area (Å²) in [5.74, 6) is 2.17. The fourth-order valence-electron chi connectivity index (χ4n) is 6.49. The van der Waals surface area contributed by atoms with E-state index in [0.29, 0.717) is 17.7 Å². The molecule has 1 aromatic carbocycles. The largest absolute Gasteiger partial charge is 0.484 e. The Balaban J connectivity index is 1.49. The van der Waals surface area contributed by atoms with Crippen LogP contribution in [0.5, 0.6) is 11.5 Å². The van der Waals surface area contributed by atoms with E-state index in [-0.39, 0.29) is 27.9 Å². The highest BCUT2D eigenvalue weighted by Gasteiger charge is 2.65. The van der Waals surface area contributed by atoms with Gasteiger partial charge in [0.1, 0.15) is 6.10 Å². The van der Waals surface area contributed by atoms with Crippen molar-refractivity contribution in [2.45, 2.75) is 62.3 Å². The Kier molecular flexibility index (Phi) is 4.17. The number of ether oxygens (including phenoxy) is 2. The molecular weight excluding hydrogens is 398 g/mol. The molecule has 1 aromatic rings. The van der Waals surface area contributed by atoms with Gasteiger partial charge in [-0.05, 0) is 49.8 Å². The summed E-state index contributed by atoms with van der Waals surface area (Å²) >= 11 is 1.36. The van der Waals surface area contributed by atoms with E-state index in [0.717, 1.165) is 31.1 Å². The lowest BCUT2D eigenvalue weighted by molar-refractivity contribution is -0.132. The fourth-order valence-corrected chi connectivity index (χ4v) is 7.46. The first-order valence-corrected chi connectivity index (χ1v) is 12.0. The molecular formula is C24H27NO4S. The molecule has 158 valence electrons. The highest BCUT2D eigenvalue weighted by molar-refractivity contribution is 8.14. The number of carbonyl (C=O) groups is 2. The van der Waals surface area contributed by atoms with E-state index in [1.165, 1.54) is 49.2 Å². The zero-order valence-corrected chi connectivity index (χ0v) is 18.2. The molecule has 30 heavy (non-hydrogen) atoms. The number of benzene rings is 1. The second kappa shape index (κ2) is 6.60. The zero-order chi connectivity index (χ0) is 20.6. The van der Waals surface area contributed by atoms with Crippen molar-refractivity contribution in [3.8, 4) is 11.5 Å². The number of thioether (sulfide) groups is 1. The normalized spacial score (nSPS) is 35.5. The van der Waals surface area contributed by atoms with Gasteiger partial charge < -0.3 is 9.47 Å². The van der Waals surface area contributed by atoms with E-state index in [4.69, 9.17) is 9.47 Å². The van der Waals surface area contributed by atoms with Gasteiger partial charge in [-0.1, -0.05) is 30.0 Å². The van der Waals surface area contributed by atoms with Crippen LogP contribution >= 0.6 is 11.8 Å². The summed E-state index contributed by atoms with van der Waals surface area (Å²) in [6, 6.07) is 4.51. The Labute approximate surface area is 181 Å². The average molecular weight is 426 g/mol. The zero-order valence-electron chi connectivity index (χ0n) is 17.4. The molecule has 0 unspecified atom stereocenters. The van der Waals surface area contributed by atoms with Gasteiger partial charge in [-0.25, -0.2) is 0 Å². The van der Waals surface area contributed by atoms with Gasteiger partial charge in [-0.3, -0.25) is 14.5 Å². The molecule has 5 atom stereocenters. The molecule has 2 bridgehead atoms. The van der Waals surface area contributed by atoms with Crippen LogP contribution < -0.4 is 9.47 Å². The molecule has 0 N–H and O–H groups in total. The van der Waals surface area contributed by atoms with Crippen LogP contribution in [-0.4, -0.2) is 46.5 Å². The van der Waals surface area contributed by atoms with E-state index in [2.05, 4.69) is 23.1 Å². The molecule has 2 aliphatic heterocycles. The third-order valence-corrected chi connectivity index (χ3v) is 8.71. The molecule has 5 nitrogen and oxygen atoms in total. The van der Waals surface area contributed by atoms with Crippen LogP contribution in [0.3, 0.4) is 0 Å². The van der Waals surface area contributed by atoms with Gasteiger partial charge in [0.05, 0.1) is 5.25 Å². The van der Waals surface area contributed by atoms with Gasteiger partial charge in [-0.15, -0.1) is 0 Å². The summed E-state index contributed by atoms with van der Waals surface area (Å²) in [6.45, 7) is 5.33. The summed E-state index contributed by atoms with van der Waals surface area (Å²) in [4.78, 5) is 26.4. The quantitative estimate of drug-likeness (QED) is 0.418. The maximum absolute atomic E-state index is 12.0. The van der Waals surface area contributed by atoms with Crippen molar-refractivity contribution >= 4 is 22.8 Å². The Hall–Kier alpha value is -1.79. The monoisotopic (exact) mass is 425 g/mol. The van der Waals surface area contributed by atoms with Gasteiger partial charge in [0.25, 0.3) is 0 Å². The smallest absolute Gasteiger partial charge is 0.308 e. The minimum atomic E-state index is -0.334. The molecule has 5 aliphatic rings. The standard InChI is InChI=1S/C24H27NO4S/c1-13(26)28-19-7-5-16-11-18-17-6-8-20(30-14(2)27)23-24(17,21(16)22(19)29-23)9-10-25(18)12-15-3-4-15/h5-8,15,17-18,20,23H,3-4,9-12H2,1-2H3/t17-,18+,20+,23-,24-/m0/s1. The van der Waals surface area contributed by atoms with Crippen molar-refractivity contribution in [3.63, 3.8) is 0 Å². The van der Waals surface area contributed by atoms with Gasteiger partial charge in [0, 0.05) is 43.3 Å². The number of esters is 1. The highest BCUT2D eigenvalue weighted by atomic mass is 32.2. The topological polar surface area (TPSA) is 55.8 Å². The Morgan fingerprint density at radius 3 is 2.83 bits per heavy atom. The van der Waals surface area contributed by atoms with Gasteiger partial charge in [-0.2, -0.15) is 0 Å². The Bertz CT molecular complexity index is 970. The first-order chi connectivity index (χ1) is 14.5. The van der Waals surface area contributed by atoms with Crippen LogP contribution in [0.1, 0.15) is 44.2 Å². The molecule has 6 heteroatoms. The van der Waals surface area contributed by atoms with E-state index in [1.807, 2.05) is 6.07 Å². The minimum absolute atomic E-state index is 0.0158. The number of hydrogen-bond donors (Lipinski definition) is 0. The van der Waals surface area contributed by atoms with E-state index >= 15 is 0 Å². The molecule has 3 aliphatic carbocycles. The van der Waals surface area contributed by atoms with Gasteiger partial charge >= 0.3 is 5.97 Å². The number of hydrogen-bond acceptors (Lipinski definition) is 6. The van der Waals surface area contributed by atoms with Crippen molar-refractivity contribution in [2.24, 2.45) is 11.8 Å². The fraction of sp³-hybridized carbons (Fsp3) is 0.583. The SMILES string of the molecule is CC(=O)Oc1ccc2c3c1O[C@H]1[C@H](SC(C)=O)C=C[C@H]4[C@@H](C2)N(CC2CC2)CC[C@@]341. The first-order valence-electron chi connectivity index (χ1n) is 11.1. The van der Waals surface area contributed by atoms with E-state index < -0.39 is 0 Å². The minimum Gasteiger partial charge on any atom is -0.484 e. The molecule has 0 radical (unpaired) electrons. The summed E-state index contributed by atoms with van der Waals surface area (Å²) in [7, 11) is 0. The van der Waals surface area contributed by atoms with E-state index in [9.17, 15) is 9.59 Å². The van der Waals surface area contributed by atoms with Crippen LogP contribution in [0.2, 0.25) is 0 Å². The number of nitrogens with zero attached hydrogens (tertiary/aromatic N) is 1. The molecule has 6 rings (SSSR count). The average Bonchev–Trinajstić information content (AvgIpc) is 3.43. The van der Waals surface area contributed by atoms with Crippen molar-refractivity contribution < 1.29 is 19.1 Å². The van der Waals surface area contributed by atoms with Crippen LogP contribution in [0.4, 0.5) is 0 Å². The molecule has 1 saturated heterocycles. The second-order valence-electron chi connectivity index (χ2n) is 9.54. The van der Waals surface area contributed by atoms with Crippen molar-refractivity contribution in [1.82, 2.24) is 4.90 Å². The van der Waals surface area contributed by atoms with Gasteiger partial charge in [0.15, 0.2) is 16.6 Å². The van der Waals surface area contributed by atoms with Crippen LogP contribution in [0.25, 0.3) is 0 Å². The van der Waals surface area contributed by atoms with Crippen molar-refractivity contribution in [3.05, 3.63) is 35.4 Å². The van der Waals surface area contributed by atoms with Crippen molar-refractivity contribution in [2.75, 3.05) is 13.1 Å². The van der Waals surface area contributed by atoms with Crippen LogP contribution in [-0.2, 0) is 21.4 Å². The molecule has 2 fully saturated rings. The third kappa shape index (κ3) is 2.65. The molecule has 1 saturated carbocycles. The molecule has 0 amide bonds. The number of piperidine rings is 1. The lowest BCUT2D eigenvalue weighted by Crippen LogP contribution is -2.65. The molecule has 2 heterocycles. The summed E-state index contributed by atoms with van der Waals surface area (Å²) < 4.78 is 12.2. The van der Waals surface area contributed by atoms with Gasteiger partial charge in [0.2, 0.25) is 0 Å². The highest BCUT2D eigenvalue weighted by Crippen LogP contribution is 2.63. The molecule has 0 aromatic heterocycles. The lowest BCUT2D eigenvalue weighted by atomic mass is 9.53. The third-order valence-electron chi connectivity index (χ3n) is 7.70. The number of likely N-dealkylation sites (tertiary alicyclic amines) is 1. The predicted molar refractivity (Wildman–Crippen MR) is 115 cm³/mol. The maximum atomic E-state index is 12.0. The first kappa shape index (κ1) is 18.9. The second-order valence-corrected chi connectivity index (χ2v) is 10.9. The van der Waals surface area contributed by atoms with Crippen molar-refractivity contribution in [1.29, 1.82) is 0 Å². The summed E-state index contributed by atoms with van der Waals surface area (Å²) in [5, 5.41) is 0.0935. The van der Waals surface area contributed by atoms with E-state index in [1.54, 1.807) is 6.92 Å². The number of carbonyl (C=O) groups excluding carboxylic acids is 2. The summed E-state index contributed by atoms with van der Waals surface area (Å²) in [5.41, 5.74) is 2.44. The number of rotatable bonds is 4. The Morgan fingerprint density at radius 1 is 1.27 bits per heavy atom. The van der Waals surface area contributed by atoms with Crippen LogP contribution in [0.15, 0.2) is 24.3 Å². The maximum Gasteiger partial charge on any atom is 0.308 e. The lowest BCUT2D eigenvalue weighted by Gasteiger charge is -2.57. The predicted octanol–water partition coefficient (Wildman–Crippen LogP) is 3.49.